The zero-order valence-corrected chi connectivity index (χ0v) is 17.9. The van der Waals surface area contributed by atoms with Crippen molar-refractivity contribution in [1.82, 2.24) is 14.9 Å². The highest BCUT2D eigenvalue weighted by Crippen LogP contribution is 2.36. The quantitative estimate of drug-likeness (QED) is 0.433. The lowest BCUT2D eigenvalue weighted by Crippen LogP contribution is -2.42. The van der Waals surface area contributed by atoms with Gasteiger partial charge in [0.05, 0.1) is 11.2 Å². The van der Waals surface area contributed by atoms with E-state index in [1.807, 2.05) is 12.4 Å². The van der Waals surface area contributed by atoms with Gasteiger partial charge in [-0.25, -0.2) is 9.97 Å². The fourth-order valence-electron chi connectivity index (χ4n) is 3.63. The lowest BCUT2D eigenvalue weighted by atomic mass is 9.81. The number of rotatable bonds is 7. The molecule has 2 aliphatic rings. The van der Waals surface area contributed by atoms with Gasteiger partial charge in [0, 0.05) is 42.7 Å². The number of thioether (sulfide) groups is 1. The summed E-state index contributed by atoms with van der Waals surface area (Å²) in [7, 11) is -0.402. The largest absolute Gasteiger partial charge is 0.498 e. The molecule has 0 unspecified atom stereocenters. The van der Waals surface area contributed by atoms with Gasteiger partial charge in [-0.05, 0) is 53.5 Å². The summed E-state index contributed by atoms with van der Waals surface area (Å²) in [5.74, 6) is 1.03. The first-order valence-electron chi connectivity index (χ1n) is 10.1. The van der Waals surface area contributed by atoms with Gasteiger partial charge in [-0.2, -0.15) is 0 Å². The van der Waals surface area contributed by atoms with Crippen LogP contribution in [0.25, 0.3) is 0 Å². The van der Waals surface area contributed by atoms with Crippen LogP contribution < -0.4 is 11.2 Å². The Kier molecular flexibility index (Phi) is 6.85. The molecule has 0 aromatic carbocycles. The fourth-order valence-corrected chi connectivity index (χ4v) is 4.46. The molecule has 27 heavy (non-hydrogen) atoms. The molecule has 8 heteroatoms. The van der Waals surface area contributed by atoms with Crippen LogP contribution in [0.5, 0.6) is 0 Å². The van der Waals surface area contributed by atoms with E-state index in [4.69, 9.17) is 15.0 Å². The molecule has 0 saturated carbocycles. The van der Waals surface area contributed by atoms with E-state index in [2.05, 4.69) is 42.6 Å². The summed E-state index contributed by atoms with van der Waals surface area (Å²) in [6, 6.07) is 0.652. The van der Waals surface area contributed by atoms with Crippen LogP contribution in [-0.4, -0.2) is 64.6 Å². The highest BCUT2D eigenvalue weighted by molar-refractivity contribution is 7.99. The predicted molar refractivity (Wildman–Crippen MR) is 111 cm³/mol. The second-order valence-electron chi connectivity index (χ2n) is 8.50. The Bertz CT molecular complexity index is 596. The normalized spacial score (nSPS) is 25.1. The smallest absolute Gasteiger partial charge is 0.399 e. The topological polar surface area (TPSA) is 73.5 Å². The maximum atomic E-state index is 6.06. The number of nitrogens with two attached hydrogens (primary N) is 1. The van der Waals surface area contributed by atoms with E-state index in [1.165, 1.54) is 25.8 Å². The van der Waals surface area contributed by atoms with E-state index in [9.17, 15) is 0 Å². The molecule has 2 N–H and O–H groups in total. The lowest BCUT2D eigenvalue weighted by Gasteiger charge is -2.35. The summed E-state index contributed by atoms with van der Waals surface area (Å²) in [6.07, 6.45) is 8.73. The van der Waals surface area contributed by atoms with Crippen molar-refractivity contribution in [2.75, 3.05) is 25.4 Å². The number of likely N-dealkylation sites (tertiary alicyclic amines) is 1. The summed E-state index contributed by atoms with van der Waals surface area (Å²) in [4.78, 5) is 11.6. The van der Waals surface area contributed by atoms with Crippen LogP contribution in [0.4, 0.5) is 0 Å². The van der Waals surface area contributed by atoms with Gasteiger partial charge in [-0.15, -0.1) is 0 Å². The van der Waals surface area contributed by atoms with Crippen LogP contribution in [0.15, 0.2) is 17.6 Å². The van der Waals surface area contributed by atoms with Crippen molar-refractivity contribution in [3.8, 4) is 0 Å². The zero-order chi connectivity index (χ0) is 19.5. The van der Waals surface area contributed by atoms with Gasteiger partial charge in [0.15, 0.2) is 5.16 Å². The van der Waals surface area contributed by atoms with E-state index in [0.29, 0.717) is 6.04 Å². The van der Waals surface area contributed by atoms with E-state index >= 15 is 0 Å². The Labute approximate surface area is 168 Å². The van der Waals surface area contributed by atoms with Crippen LogP contribution in [-0.2, 0) is 9.31 Å². The molecule has 6 nitrogen and oxygen atoms in total. The summed E-state index contributed by atoms with van der Waals surface area (Å²) < 4.78 is 12.1. The molecule has 0 radical (unpaired) electrons. The molecule has 0 bridgehead atoms. The average molecular weight is 392 g/mol. The number of hydrogen-bond acceptors (Lipinski definition) is 7. The molecular weight excluding hydrogens is 359 g/mol. The predicted octanol–water partition coefficient (Wildman–Crippen LogP) is 2.07. The minimum Gasteiger partial charge on any atom is -0.399 e. The first kappa shape index (κ1) is 21.1. The molecule has 150 valence electrons. The second kappa shape index (κ2) is 8.78. The lowest BCUT2D eigenvalue weighted by molar-refractivity contribution is 0.00578. The molecule has 2 fully saturated rings. The molecule has 0 amide bonds. The fraction of sp³-hybridized carbons (Fsp3) is 0.789. The monoisotopic (exact) mass is 392 g/mol. The molecule has 0 spiro atoms. The van der Waals surface area contributed by atoms with Crippen LogP contribution in [0.2, 0.25) is 0 Å². The summed E-state index contributed by atoms with van der Waals surface area (Å²) in [5.41, 5.74) is 5.93. The Balaban J connectivity index is 1.50. The standard InChI is InChI=1S/C19H33BN4O2S/c1-18(2)19(3,4)26-20(25-18)15-13-22-17(23-14-15)27-12-8-16-7-5-6-10-24(16)11-9-21/h13-14,16H,5-12,21H2,1-4H3/t16-/m1/s1. The molecule has 1 aromatic heterocycles. The SMILES string of the molecule is CC1(C)OB(c2cnc(SCC[C@H]3CCCCN3CCN)nc2)OC1(C)C. The molecule has 1 atom stereocenters. The maximum Gasteiger partial charge on any atom is 0.498 e. The number of piperidine rings is 1. The Morgan fingerprint density at radius 3 is 2.48 bits per heavy atom. The molecule has 3 rings (SSSR count). The highest BCUT2D eigenvalue weighted by atomic mass is 32.2. The third-order valence-corrected chi connectivity index (χ3v) is 6.93. The van der Waals surface area contributed by atoms with Crippen molar-refractivity contribution >= 4 is 24.3 Å². The van der Waals surface area contributed by atoms with Crippen LogP contribution in [0, 0.1) is 0 Å². The third kappa shape index (κ3) is 5.04. The molecule has 2 saturated heterocycles. The molecule has 3 heterocycles. The van der Waals surface area contributed by atoms with Crippen LogP contribution >= 0.6 is 11.8 Å². The summed E-state index contributed by atoms with van der Waals surface area (Å²) in [6.45, 7) is 11.1. The van der Waals surface area contributed by atoms with Crippen molar-refractivity contribution in [2.45, 2.75) is 75.8 Å². The Hall–Kier alpha value is -0.665. The van der Waals surface area contributed by atoms with Gasteiger partial charge >= 0.3 is 7.12 Å². The van der Waals surface area contributed by atoms with Gasteiger partial charge in [-0.3, -0.25) is 4.90 Å². The number of nitrogens with zero attached hydrogens (tertiary/aromatic N) is 3. The van der Waals surface area contributed by atoms with E-state index in [1.54, 1.807) is 11.8 Å². The minimum atomic E-state index is -0.402. The van der Waals surface area contributed by atoms with E-state index < -0.39 is 7.12 Å². The Morgan fingerprint density at radius 2 is 1.85 bits per heavy atom. The Morgan fingerprint density at radius 1 is 1.19 bits per heavy atom. The minimum absolute atomic E-state index is 0.347. The molecule has 0 aliphatic carbocycles. The summed E-state index contributed by atoms with van der Waals surface area (Å²) in [5, 5.41) is 0.816. The van der Waals surface area contributed by atoms with Crippen LogP contribution in [0.1, 0.15) is 53.4 Å². The van der Waals surface area contributed by atoms with Gasteiger partial charge in [0.25, 0.3) is 0 Å². The summed E-state index contributed by atoms with van der Waals surface area (Å²) >= 11 is 1.72. The third-order valence-electron chi connectivity index (χ3n) is 6.02. The highest BCUT2D eigenvalue weighted by Gasteiger charge is 2.51. The van der Waals surface area contributed by atoms with Gasteiger partial charge in [0.2, 0.25) is 0 Å². The molecular formula is C19H33BN4O2S. The van der Waals surface area contributed by atoms with Crippen molar-refractivity contribution in [3.05, 3.63) is 12.4 Å². The molecule has 2 aliphatic heterocycles. The number of aromatic nitrogens is 2. The first-order chi connectivity index (χ1) is 12.8. The average Bonchev–Trinajstić information content (AvgIpc) is 2.85. The van der Waals surface area contributed by atoms with Crippen molar-refractivity contribution in [3.63, 3.8) is 0 Å². The molecule has 1 aromatic rings. The van der Waals surface area contributed by atoms with Crippen molar-refractivity contribution < 1.29 is 9.31 Å². The van der Waals surface area contributed by atoms with Crippen molar-refractivity contribution in [1.29, 1.82) is 0 Å². The second-order valence-corrected chi connectivity index (χ2v) is 9.56. The van der Waals surface area contributed by atoms with E-state index in [0.717, 1.165) is 35.9 Å². The first-order valence-corrected chi connectivity index (χ1v) is 11.1. The maximum absolute atomic E-state index is 6.06. The van der Waals surface area contributed by atoms with Gasteiger partial charge in [0.1, 0.15) is 0 Å². The van der Waals surface area contributed by atoms with Gasteiger partial charge in [-0.1, -0.05) is 18.2 Å². The van der Waals surface area contributed by atoms with E-state index in [-0.39, 0.29) is 11.2 Å². The van der Waals surface area contributed by atoms with Crippen molar-refractivity contribution in [2.24, 2.45) is 5.73 Å². The van der Waals surface area contributed by atoms with Gasteiger partial charge < -0.3 is 15.0 Å². The zero-order valence-electron chi connectivity index (χ0n) is 17.1. The van der Waals surface area contributed by atoms with Crippen LogP contribution in [0.3, 0.4) is 0 Å². The number of hydrogen-bond donors (Lipinski definition) is 1.